The van der Waals surface area contributed by atoms with E-state index in [1.54, 1.807) is 6.92 Å². The Morgan fingerprint density at radius 3 is 2.56 bits per heavy atom. The maximum absolute atomic E-state index is 11.3. The molecule has 0 heterocycles. The summed E-state index contributed by atoms with van der Waals surface area (Å²) in [5.74, 6) is 0.508. The van der Waals surface area contributed by atoms with Crippen molar-refractivity contribution in [2.24, 2.45) is 0 Å². The molecule has 0 atom stereocenters. The predicted octanol–water partition coefficient (Wildman–Crippen LogP) is 1.19. The van der Waals surface area contributed by atoms with E-state index >= 15 is 0 Å². The monoisotopic (exact) mass is 244 g/mol. The lowest BCUT2D eigenvalue weighted by molar-refractivity contribution is 0.270. The first kappa shape index (κ1) is 13.5. The maximum atomic E-state index is 11.3. The summed E-state index contributed by atoms with van der Waals surface area (Å²) in [4.78, 5) is 2.26. The molecule has 1 fully saturated rings. The van der Waals surface area contributed by atoms with Crippen LogP contribution in [0.3, 0.4) is 0 Å². The minimum absolute atomic E-state index is 0.231. The summed E-state index contributed by atoms with van der Waals surface area (Å²) in [5.41, 5.74) is 0. The second kappa shape index (κ2) is 6.21. The van der Waals surface area contributed by atoms with Crippen molar-refractivity contribution in [3.63, 3.8) is 0 Å². The Labute approximate surface area is 98.2 Å². The van der Waals surface area contributed by atoms with Gasteiger partial charge < -0.3 is 0 Å². The average molecular weight is 244 g/mol. The molecule has 0 saturated heterocycles. The molecule has 4 nitrogen and oxygen atoms in total. The quantitative estimate of drug-likeness (QED) is 0.643. The summed E-state index contributed by atoms with van der Waals surface area (Å²) in [6.45, 7) is 3.28. The highest BCUT2D eigenvalue weighted by Crippen LogP contribution is 2.26. The van der Waals surface area contributed by atoms with Gasteiger partial charge in [0, 0.05) is 24.8 Å². The molecule has 0 aromatic rings. The first-order valence-corrected chi connectivity index (χ1v) is 7.72. The lowest BCUT2D eigenvalue weighted by Gasteiger charge is -2.20. The minimum Gasteiger partial charge on any atom is -0.299 e. The molecule has 0 unspecified atom stereocenters. The lowest BCUT2D eigenvalue weighted by Crippen LogP contribution is -2.29. The normalized spacial score (nSPS) is 16.3. The van der Waals surface area contributed by atoms with Crippen LogP contribution >= 0.6 is 0 Å². The van der Waals surface area contributed by atoms with Crippen LogP contribution in [-0.2, 0) is 9.84 Å². The molecule has 5 heteroatoms. The third-order valence-corrected chi connectivity index (χ3v) is 4.70. The van der Waals surface area contributed by atoms with Crippen LogP contribution in [0.5, 0.6) is 0 Å². The number of nitriles is 1. The molecule has 0 radical (unpaired) electrons. The van der Waals surface area contributed by atoms with Crippen LogP contribution in [-0.4, -0.2) is 44.0 Å². The zero-order valence-corrected chi connectivity index (χ0v) is 10.7. The Morgan fingerprint density at radius 1 is 1.38 bits per heavy atom. The minimum atomic E-state index is -2.83. The van der Waals surface area contributed by atoms with Gasteiger partial charge in [-0.15, -0.1) is 0 Å². The zero-order chi connectivity index (χ0) is 12.0. The van der Waals surface area contributed by atoms with Crippen molar-refractivity contribution >= 4 is 9.84 Å². The smallest absolute Gasteiger partial charge is 0.150 e. The van der Waals surface area contributed by atoms with E-state index in [0.29, 0.717) is 18.9 Å². The first-order chi connectivity index (χ1) is 7.59. The topological polar surface area (TPSA) is 61.2 Å². The van der Waals surface area contributed by atoms with Crippen LogP contribution in [0.1, 0.15) is 32.6 Å². The highest BCUT2D eigenvalue weighted by atomic mass is 32.2. The molecule has 0 spiro atoms. The molecule has 0 amide bonds. The van der Waals surface area contributed by atoms with Gasteiger partial charge in [0.2, 0.25) is 0 Å². The fraction of sp³-hybridized carbons (Fsp3) is 0.909. The highest BCUT2D eigenvalue weighted by molar-refractivity contribution is 7.91. The molecule has 0 bridgehead atoms. The molecule has 16 heavy (non-hydrogen) atoms. The van der Waals surface area contributed by atoms with Crippen LogP contribution in [0.25, 0.3) is 0 Å². The van der Waals surface area contributed by atoms with Gasteiger partial charge in [-0.1, -0.05) is 6.92 Å². The van der Waals surface area contributed by atoms with Crippen LogP contribution < -0.4 is 0 Å². The Kier molecular flexibility index (Phi) is 5.23. The number of hydrogen-bond acceptors (Lipinski definition) is 4. The molecule has 0 aromatic carbocycles. The molecule has 1 saturated carbocycles. The van der Waals surface area contributed by atoms with Gasteiger partial charge in [0.25, 0.3) is 0 Å². The van der Waals surface area contributed by atoms with E-state index in [-0.39, 0.29) is 11.5 Å². The molecule has 1 aliphatic carbocycles. The summed E-state index contributed by atoms with van der Waals surface area (Å²) in [7, 11) is -2.83. The van der Waals surface area contributed by atoms with Crippen molar-refractivity contribution in [2.45, 2.75) is 38.6 Å². The van der Waals surface area contributed by atoms with E-state index in [1.807, 2.05) is 0 Å². The number of hydrogen-bond donors (Lipinski definition) is 0. The van der Waals surface area contributed by atoms with Crippen LogP contribution in [0.2, 0.25) is 0 Å². The summed E-state index contributed by atoms with van der Waals surface area (Å²) in [6.07, 6.45) is 3.63. The molecule has 0 N–H and O–H groups in total. The second-order valence-corrected chi connectivity index (χ2v) is 6.74. The Bertz CT molecular complexity index is 341. The summed E-state index contributed by atoms with van der Waals surface area (Å²) < 4.78 is 22.6. The van der Waals surface area contributed by atoms with E-state index in [2.05, 4.69) is 11.0 Å². The van der Waals surface area contributed by atoms with Crippen LogP contribution in [0.15, 0.2) is 0 Å². The van der Waals surface area contributed by atoms with E-state index in [1.165, 1.54) is 12.8 Å². The van der Waals surface area contributed by atoms with Crippen molar-refractivity contribution in [1.82, 2.24) is 4.90 Å². The summed E-state index contributed by atoms with van der Waals surface area (Å²) in [5, 5.41) is 8.54. The van der Waals surface area contributed by atoms with E-state index in [0.717, 1.165) is 13.1 Å². The summed E-state index contributed by atoms with van der Waals surface area (Å²) in [6, 6.07) is 2.75. The molecule has 1 rings (SSSR count). The summed E-state index contributed by atoms with van der Waals surface area (Å²) >= 11 is 0. The van der Waals surface area contributed by atoms with E-state index < -0.39 is 9.84 Å². The van der Waals surface area contributed by atoms with Crippen LogP contribution in [0, 0.1) is 11.3 Å². The van der Waals surface area contributed by atoms with Crippen LogP contribution in [0.4, 0.5) is 0 Å². The van der Waals surface area contributed by atoms with Crippen molar-refractivity contribution in [1.29, 1.82) is 5.26 Å². The van der Waals surface area contributed by atoms with Crippen molar-refractivity contribution < 1.29 is 8.42 Å². The second-order valence-electron chi connectivity index (χ2n) is 4.27. The number of nitrogens with zero attached hydrogens (tertiary/aromatic N) is 2. The van der Waals surface area contributed by atoms with Crippen molar-refractivity contribution in [3.8, 4) is 6.07 Å². The molecule has 0 aromatic heterocycles. The SMILES string of the molecule is CCS(=O)(=O)CCCN(CCC#N)C1CC1. The largest absolute Gasteiger partial charge is 0.299 e. The average Bonchev–Trinajstić information content (AvgIpc) is 3.07. The third-order valence-electron chi connectivity index (χ3n) is 2.91. The van der Waals surface area contributed by atoms with Gasteiger partial charge in [0.05, 0.1) is 11.8 Å². The standard InChI is InChI=1S/C11H20N2O2S/c1-2-16(14,15)10-4-9-13(8-3-7-12)11-5-6-11/h11H,2-6,8-10H2,1H3. The number of rotatable bonds is 8. The molecular weight excluding hydrogens is 224 g/mol. The van der Waals surface area contributed by atoms with E-state index in [4.69, 9.17) is 5.26 Å². The first-order valence-electron chi connectivity index (χ1n) is 5.90. The molecule has 1 aliphatic rings. The van der Waals surface area contributed by atoms with Gasteiger partial charge in [0.15, 0.2) is 0 Å². The molecule has 0 aliphatic heterocycles. The molecular formula is C11H20N2O2S. The van der Waals surface area contributed by atoms with Gasteiger partial charge in [-0.3, -0.25) is 4.90 Å². The van der Waals surface area contributed by atoms with Gasteiger partial charge >= 0.3 is 0 Å². The van der Waals surface area contributed by atoms with Crippen molar-refractivity contribution in [2.75, 3.05) is 24.6 Å². The highest BCUT2D eigenvalue weighted by Gasteiger charge is 2.28. The number of sulfone groups is 1. The lowest BCUT2D eigenvalue weighted by atomic mass is 10.3. The Hall–Kier alpha value is -0.600. The predicted molar refractivity (Wildman–Crippen MR) is 63.8 cm³/mol. The van der Waals surface area contributed by atoms with Gasteiger partial charge in [-0.05, 0) is 25.8 Å². The van der Waals surface area contributed by atoms with Crippen molar-refractivity contribution in [3.05, 3.63) is 0 Å². The molecule has 92 valence electrons. The maximum Gasteiger partial charge on any atom is 0.150 e. The Balaban J connectivity index is 2.25. The fourth-order valence-corrected chi connectivity index (χ4v) is 2.60. The van der Waals surface area contributed by atoms with E-state index in [9.17, 15) is 8.42 Å². The fourth-order valence-electron chi connectivity index (χ4n) is 1.74. The Morgan fingerprint density at radius 2 is 2.06 bits per heavy atom. The van der Waals surface area contributed by atoms with Gasteiger partial charge in [-0.2, -0.15) is 5.26 Å². The van der Waals surface area contributed by atoms with Gasteiger partial charge in [-0.25, -0.2) is 8.42 Å². The van der Waals surface area contributed by atoms with Gasteiger partial charge in [0.1, 0.15) is 9.84 Å². The zero-order valence-electron chi connectivity index (χ0n) is 9.85. The third kappa shape index (κ3) is 4.95.